The monoisotopic (exact) mass is 349 g/mol. The molecule has 1 aliphatic rings. The van der Waals surface area contributed by atoms with Gasteiger partial charge in [0.25, 0.3) is 5.88 Å². The summed E-state index contributed by atoms with van der Waals surface area (Å²) in [6, 6.07) is 18.5. The Kier molecular flexibility index (Phi) is 3.73. The van der Waals surface area contributed by atoms with Crippen LogP contribution in [-0.4, -0.2) is 29.9 Å². The molecule has 0 radical (unpaired) electrons. The van der Waals surface area contributed by atoms with Gasteiger partial charge >= 0.3 is 17.7 Å². The molecule has 6 nitrogen and oxygen atoms in total. The standard InChI is InChI=1S/C20H16N2O4/c1-25-19-16(14-11-7-4-8-12-14)20(26-2)22-18(24)15(17(23)21(19)22)13-9-5-3-6-10-13/h3-12H,1-2H3/p+1. The van der Waals surface area contributed by atoms with Gasteiger partial charge in [-0.05, 0) is 15.8 Å². The lowest BCUT2D eigenvalue weighted by molar-refractivity contribution is -0.674. The van der Waals surface area contributed by atoms with Crippen molar-refractivity contribution < 1.29 is 24.1 Å². The minimum absolute atomic E-state index is 0.196. The predicted molar refractivity (Wildman–Crippen MR) is 96.0 cm³/mol. The Morgan fingerprint density at radius 2 is 1.46 bits per heavy atom. The number of aliphatic hydroxyl groups is 1. The van der Waals surface area contributed by atoms with Gasteiger partial charge in [0.1, 0.15) is 0 Å². The summed E-state index contributed by atoms with van der Waals surface area (Å²) in [5.41, 5.74) is 2.23. The Bertz CT molecular complexity index is 1020. The van der Waals surface area contributed by atoms with E-state index in [9.17, 15) is 9.90 Å². The SMILES string of the molecule is COc1c(-c2ccccc2)c(OC)[n+]2n1C(=O)C(c1ccccc1)=C2O. The van der Waals surface area contributed by atoms with Crippen LogP contribution in [0.1, 0.15) is 10.4 Å². The second kappa shape index (κ2) is 6.07. The molecule has 3 aromatic rings. The summed E-state index contributed by atoms with van der Waals surface area (Å²) in [6.45, 7) is 0. The Balaban J connectivity index is 2.01. The molecule has 0 saturated carbocycles. The molecular weight excluding hydrogens is 332 g/mol. The van der Waals surface area contributed by atoms with E-state index in [2.05, 4.69) is 0 Å². The van der Waals surface area contributed by atoms with E-state index >= 15 is 0 Å². The maximum atomic E-state index is 13.1. The van der Waals surface area contributed by atoms with Gasteiger partial charge in [-0.1, -0.05) is 60.7 Å². The minimum Gasteiger partial charge on any atom is -0.478 e. The Hall–Kier alpha value is -3.54. The third-order valence-electron chi connectivity index (χ3n) is 4.35. The van der Waals surface area contributed by atoms with E-state index in [1.165, 1.54) is 23.6 Å². The highest BCUT2D eigenvalue weighted by molar-refractivity contribution is 6.26. The molecule has 26 heavy (non-hydrogen) atoms. The predicted octanol–water partition coefficient (Wildman–Crippen LogP) is 3.00. The van der Waals surface area contributed by atoms with E-state index in [-0.39, 0.29) is 17.4 Å². The highest BCUT2D eigenvalue weighted by Gasteiger charge is 2.48. The number of ether oxygens (including phenoxy) is 2. The number of methoxy groups -OCH3 is 2. The first-order chi connectivity index (χ1) is 12.7. The summed E-state index contributed by atoms with van der Waals surface area (Å²) in [5, 5.41) is 10.8. The molecule has 0 amide bonds. The average molecular weight is 349 g/mol. The molecule has 1 aliphatic heterocycles. The molecule has 4 rings (SSSR count). The van der Waals surface area contributed by atoms with Gasteiger partial charge in [-0.15, -0.1) is 0 Å². The summed E-state index contributed by atoms with van der Waals surface area (Å²) in [7, 11) is 2.98. The van der Waals surface area contributed by atoms with Crippen molar-refractivity contribution in [3.05, 3.63) is 66.2 Å². The number of fused-ring (bicyclic) bond motifs is 1. The van der Waals surface area contributed by atoms with E-state index in [0.717, 1.165) is 5.56 Å². The fourth-order valence-corrected chi connectivity index (χ4v) is 3.25. The molecule has 0 aliphatic carbocycles. The van der Waals surface area contributed by atoms with Crippen LogP contribution >= 0.6 is 0 Å². The first-order valence-electron chi connectivity index (χ1n) is 8.07. The summed E-state index contributed by atoms with van der Waals surface area (Å²) < 4.78 is 13.7. The molecule has 0 atom stereocenters. The average Bonchev–Trinajstić information content (AvgIpc) is 3.15. The smallest absolute Gasteiger partial charge is 0.414 e. The Morgan fingerprint density at radius 1 is 0.885 bits per heavy atom. The zero-order valence-corrected chi connectivity index (χ0v) is 14.3. The largest absolute Gasteiger partial charge is 0.478 e. The summed E-state index contributed by atoms with van der Waals surface area (Å²) in [4.78, 5) is 13.1. The summed E-state index contributed by atoms with van der Waals surface area (Å²) >= 11 is 0. The molecule has 130 valence electrons. The van der Waals surface area contributed by atoms with Crippen LogP contribution < -0.4 is 14.2 Å². The first kappa shape index (κ1) is 16.0. The molecule has 2 heterocycles. The highest BCUT2D eigenvalue weighted by atomic mass is 16.5. The first-order valence-corrected chi connectivity index (χ1v) is 8.07. The lowest BCUT2D eigenvalue weighted by atomic mass is 10.1. The van der Waals surface area contributed by atoms with E-state index in [0.29, 0.717) is 22.9 Å². The van der Waals surface area contributed by atoms with Crippen LogP contribution in [0.4, 0.5) is 0 Å². The zero-order chi connectivity index (χ0) is 18.3. The van der Waals surface area contributed by atoms with Crippen LogP contribution in [-0.2, 0) is 0 Å². The number of rotatable bonds is 4. The minimum atomic E-state index is -0.383. The summed E-state index contributed by atoms with van der Waals surface area (Å²) in [5.74, 6) is 0.0462. The van der Waals surface area contributed by atoms with Crippen molar-refractivity contribution in [3.8, 4) is 22.9 Å². The van der Waals surface area contributed by atoms with Crippen LogP contribution in [0, 0.1) is 0 Å². The maximum absolute atomic E-state index is 13.1. The molecule has 0 bridgehead atoms. The van der Waals surface area contributed by atoms with Crippen LogP contribution in [0.2, 0.25) is 0 Å². The second-order valence-electron chi connectivity index (χ2n) is 5.75. The number of allylic oxidation sites excluding steroid dienone is 1. The van der Waals surface area contributed by atoms with Gasteiger partial charge in [-0.25, -0.2) is 0 Å². The van der Waals surface area contributed by atoms with Crippen molar-refractivity contribution in [2.24, 2.45) is 0 Å². The van der Waals surface area contributed by atoms with Gasteiger partial charge < -0.3 is 14.6 Å². The van der Waals surface area contributed by atoms with Crippen molar-refractivity contribution in [2.75, 3.05) is 14.2 Å². The van der Waals surface area contributed by atoms with E-state index in [1.807, 2.05) is 48.5 Å². The molecule has 0 saturated heterocycles. The fourth-order valence-electron chi connectivity index (χ4n) is 3.25. The van der Waals surface area contributed by atoms with Gasteiger partial charge in [-0.3, -0.25) is 4.79 Å². The molecule has 0 spiro atoms. The van der Waals surface area contributed by atoms with Crippen molar-refractivity contribution in [1.29, 1.82) is 0 Å². The number of benzene rings is 2. The molecule has 1 N–H and O–H groups in total. The third kappa shape index (κ3) is 2.12. The van der Waals surface area contributed by atoms with Gasteiger partial charge in [0, 0.05) is 4.68 Å². The molecule has 1 aromatic heterocycles. The zero-order valence-electron chi connectivity index (χ0n) is 14.3. The van der Waals surface area contributed by atoms with Crippen LogP contribution in [0.25, 0.3) is 22.6 Å². The number of hydrogen-bond acceptors (Lipinski definition) is 4. The number of aliphatic hydroxyl groups excluding tert-OH is 1. The van der Waals surface area contributed by atoms with Crippen LogP contribution in [0.3, 0.4) is 0 Å². The molecule has 0 unspecified atom stereocenters. The highest BCUT2D eigenvalue weighted by Crippen LogP contribution is 2.41. The Labute approximate surface area is 150 Å². The van der Waals surface area contributed by atoms with E-state index < -0.39 is 0 Å². The van der Waals surface area contributed by atoms with Crippen molar-refractivity contribution in [2.45, 2.75) is 0 Å². The van der Waals surface area contributed by atoms with Crippen LogP contribution in [0.15, 0.2) is 60.7 Å². The normalized spacial score (nSPS) is 13.1. The second-order valence-corrected chi connectivity index (χ2v) is 5.75. The molecule has 2 aromatic carbocycles. The number of hydrogen-bond donors (Lipinski definition) is 1. The molecule has 0 fully saturated rings. The number of aromatic nitrogens is 2. The number of carbonyl (C=O) groups is 1. The lowest BCUT2D eigenvalue weighted by Gasteiger charge is -2.03. The van der Waals surface area contributed by atoms with E-state index in [4.69, 9.17) is 9.47 Å². The fraction of sp³-hybridized carbons (Fsp3) is 0.100. The third-order valence-corrected chi connectivity index (χ3v) is 4.35. The lowest BCUT2D eigenvalue weighted by Crippen LogP contribution is -2.40. The van der Waals surface area contributed by atoms with Crippen molar-refractivity contribution in [3.63, 3.8) is 0 Å². The molecular formula is C20H17N2O4+. The molecule has 6 heteroatoms. The summed E-state index contributed by atoms with van der Waals surface area (Å²) in [6.07, 6.45) is 0. The number of nitrogens with zero attached hydrogens (tertiary/aromatic N) is 2. The van der Waals surface area contributed by atoms with Crippen molar-refractivity contribution >= 4 is 17.4 Å². The Morgan fingerprint density at radius 3 is 2.00 bits per heavy atom. The topological polar surface area (TPSA) is 64.6 Å². The van der Waals surface area contributed by atoms with Crippen molar-refractivity contribution in [1.82, 2.24) is 4.68 Å². The van der Waals surface area contributed by atoms with Gasteiger partial charge in [-0.2, -0.15) is 0 Å². The van der Waals surface area contributed by atoms with Gasteiger partial charge in [0.15, 0.2) is 11.1 Å². The maximum Gasteiger partial charge on any atom is 0.414 e. The van der Waals surface area contributed by atoms with Gasteiger partial charge in [0.2, 0.25) is 0 Å². The number of carbonyl (C=O) groups excluding carboxylic acids is 1. The van der Waals surface area contributed by atoms with E-state index in [1.54, 1.807) is 12.1 Å². The van der Waals surface area contributed by atoms with Crippen LogP contribution in [0.5, 0.6) is 11.8 Å². The van der Waals surface area contributed by atoms with Gasteiger partial charge in [0.05, 0.1) is 14.2 Å². The quantitative estimate of drug-likeness (QED) is 0.736.